The highest BCUT2D eigenvalue weighted by atomic mass is 79.9. The minimum absolute atomic E-state index is 0.329. The van der Waals surface area contributed by atoms with E-state index in [0.717, 1.165) is 32.3 Å². The molecular weight excluding hydrogens is 514 g/mol. The molecule has 0 bridgehead atoms. The average molecular weight is 531 g/mol. The summed E-state index contributed by atoms with van der Waals surface area (Å²) in [4.78, 5) is 26.7. The van der Waals surface area contributed by atoms with Crippen LogP contribution in [0.2, 0.25) is 5.02 Å². The van der Waals surface area contributed by atoms with Crippen molar-refractivity contribution in [3.63, 3.8) is 0 Å². The number of rotatable bonds is 6. The zero-order chi connectivity index (χ0) is 22.7. The lowest BCUT2D eigenvalue weighted by Gasteiger charge is -2.12. The van der Waals surface area contributed by atoms with Crippen molar-refractivity contribution in [2.24, 2.45) is 0 Å². The van der Waals surface area contributed by atoms with E-state index in [0.29, 0.717) is 33.7 Å². The van der Waals surface area contributed by atoms with E-state index in [1.54, 1.807) is 49.6 Å². The molecule has 0 aliphatic carbocycles. The van der Waals surface area contributed by atoms with Crippen LogP contribution in [-0.4, -0.2) is 18.3 Å². The number of carbonyl (C=O) groups excluding carboxylic acids is 2. The number of carbonyl (C=O) groups is 2. The van der Waals surface area contributed by atoms with E-state index < -0.39 is 0 Å². The summed E-state index contributed by atoms with van der Waals surface area (Å²) in [6.45, 7) is 0.392. The topological polar surface area (TPSA) is 55.8 Å². The van der Waals surface area contributed by atoms with Crippen molar-refractivity contribution in [3.05, 3.63) is 92.3 Å². The Kier molecular flexibility index (Phi) is 6.89. The molecule has 3 aromatic rings. The summed E-state index contributed by atoms with van der Waals surface area (Å²) in [5.41, 5.74) is 2.23. The van der Waals surface area contributed by atoms with Crippen molar-refractivity contribution in [2.45, 2.75) is 6.61 Å². The summed E-state index contributed by atoms with van der Waals surface area (Å²) in [6, 6.07) is 19.8. The number of anilines is 1. The summed E-state index contributed by atoms with van der Waals surface area (Å²) in [6.07, 6.45) is 1.67. The maximum Gasteiger partial charge on any atom is 0.298 e. The Bertz CT molecular complexity index is 1200. The Balaban J connectivity index is 1.52. The van der Waals surface area contributed by atoms with E-state index in [2.05, 4.69) is 15.9 Å². The fourth-order valence-electron chi connectivity index (χ4n) is 3.07. The second-order valence-corrected chi connectivity index (χ2v) is 9.16. The van der Waals surface area contributed by atoms with Crippen LogP contribution < -0.4 is 14.4 Å². The van der Waals surface area contributed by atoms with Gasteiger partial charge in [-0.25, -0.2) is 4.90 Å². The maximum absolute atomic E-state index is 12.8. The zero-order valence-corrected chi connectivity index (χ0v) is 20.0. The lowest BCUT2D eigenvalue weighted by atomic mass is 10.1. The molecule has 1 heterocycles. The highest BCUT2D eigenvalue weighted by Gasteiger charge is 2.36. The summed E-state index contributed by atoms with van der Waals surface area (Å²) in [5, 5.41) is 0.177. The van der Waals surface area contributed by atoms with Gasteiger partial charge in [-0.15, -0.1) is 0 Å². The van der Waals surface area contributed by atoms with Gasteiger partial charge >= 0.3 is 0 Å². The van der Waals surface area contributed by atoms with E-state index in [1.165, 1.54) is 0 Å². The van der Waals surface area contributed by atoms with Crippen LogP contribution >= 0.6 is 39.3 Å². The molecule has 4 rings (SSSR count). The predicted molar refractivity (Wildman–Crippen MR) is 131 cm³/mol. The third-order valence-corrected chi connectivity index (χ3v) is 6.32. The molecule has 1 saturated heterocycles. The predicted octanol–water partition coefficient (Wildman–Crippen LogP) is 6.93. The summed E-state index contributed by atoms with van der Waals surface area (Å²) in [5.74, 6) is 0.742. The molecule has 162 valence electrons. The van der Waals surface area contributed by atoms with E-state index in [1.807, 2.05) is 30.3 Å². The fraction of sp³-hybridized carbons (Fsp3) is 0.0833. The third kappa shape index (κ3) is 5.01. The van der Waals surface area contributed by atoms with Crippen molar-refractivity contribution in [3.8, 4) is 11.5 Å². The van der Waals surface area contributed by atoms with Gasteiger partial charge in [0.25, 0.3) is 11.1 Å². The second-order valence-electron chi connectivity index (χ2n) is 6.82. The standard InChI is InChI=1S/C24H17BrClNO4S/c1-30-21-12-16(4-11-20(21)31-14-15-2-5-17(25)6-3-15)13-22-23(28)27(24(29)32-22)19-9-7-18(26)8-10-19/h2-13H,14H2,1H3/b22-13+. The molecule has 3 aromatic carbocycles. The number of ether oxygens (including phenoxy) is 2. The molecule has 8 heteroatoms. The monoisotopic (exact) mass is 529 g/mol. The molecule has 5 nitrogen and oxygen atoms in total. The Morgan fingerprint density at radius 3 is 2.41 bits per heavy atom. The van der Waals surface area contributed by atoms with Gasteiger partial charge in [0, 0.05) is 9.50 Å². The Labute approximate surface area is 203 Å². The summed E-state index contributed by atoms with van der Waals surface area (Å²) >= 11 is 10.2. The SMILES string of the molecule is COc1cc(/C=C2/SC(=O)N(c3ccc(Cl)cc3)C2=O)ccc1OCc1ccc(Br)cc1. The van der Waals surface area contributed by atoms with Gasteiger partial charge in [0.15, 0.2) is 11.5 Å². The first-order chi connectivity index (χ1) is 15.4. The van der Waals surface area contributed by atoms with Gasteiger partial charge in [-0.2, -0.15) is 0 Å². The van der Waals surface area contributed by atoms with E-state index >= 15 is 0 Å². The van der Waals surface area contributed by atoms with Gasteiger partial charge in [-0.1, -0.05) is 45.7 Å². The number of imide groups is 1. The molecule has 0 spiro atoms. The molecule has 1 aliphatic rings. The Hall–Kier alpha value is -2.74. The molecule has 32 heavy (non-hydrogen) atoms. The third-order valence-electron chi connectivity index (χ3n) is 4.67. The average Bonchev–Trinajstić information content (AvgIpc) is 3.07. The number of benzene rings is 3. The number of methoxy groups -OCH3 is 1. The molecule has 0 unspecified atom stereocenters. The Morgan fingerprint density at radius 2 is 1.72 bits per heavy atom. The fourth-order valence-corrected chi connectivity index (χ4v) is 4.30. The largest absolute Gasteiger partial charge is 0.493 e. The maximum atomic E-state index is 12.8. The molecule has 0 saturated carbocycles. The molecule has 1 aliphatic heterocycles. The quantitative estimate of drug-likeness (QED) is 0.323. The van der Waals surface area contributed by atoms with E-state index in [4.69, 9.17) is 21.1 Å². The van der Waals surface area contributed by atoms with Gasteiger partial charge in [0.2, 0.25) is 0 Å². The number of hydrogen-bond donors (Lipinski definition) is 0. The second kappa shape index (κ2) is 9.81. The van der Waals surface area contributed by atoms with Crippen molar-refractivity contribution in [2.75, 3.05) is 12.0 Å². The molecule has 0 aromatic heterocycles. The van der Waals surface area contributed by atoms with Crippen LogP contribution in [0.15, 0.2) is 76.1 Å². The van der Waals surface area contributed by atoms with Gasteiger partial charge in [0.05, 0.1) is 17.7 Å². The molecular formula is C24H17BrClNO4S. The van der Waals surface area contributed by atoms with Crippen LogP contribution in [0.25, 0.3) is 6.08 Å². The van der Waals surface area contributed by atoms with Crippen molar-refractivity contribution < 1.29 is 19.1 Å². The molecule has 1 fully saturated rings. The van der Waals surface area contributed by atoms with Gasteiger partial charge in [0.1, 0.15) is 6.61 Å². The zero-order valence-electron chi connectivity index (χ0n) is 16.9. The molecule has 0 N–H and O–H groups in total. The van der Waals surface area contributed by atoms with Gasteiger partial charge in [-0.3, -0.25) is 9.59 Å². The first-order valence-electron chi connectivity index (χ1n) is 9.53. The van der Waals surface area contributed by atoms with Crippen LogP contribution in [0.1, 0.15) is 11.1 Å². The summed E-state index contributed by atoms with van der Waals surface area (Å²) < 4.78 is 12.4. The smallest absolute Gasteiger partial charge is 0.298 e. The van der Waals surface area contributed by atoms with Crippen molar-refractivity contribution >= 4 is 62.2 Å². The lowest BCUT2D eigenvalue weighted by Crippen LogP contribution is -2.27. The summed E-state index contributed by atoms with van der Waals surface area (Å²) in [7, 11) is 1.56. The van der Waals surface area contributed by atoms with E-state index in [-0.39, 0.29) is 11.1 Å². The normalized spacial score (nSPS) is 14.8. The van der Waals surface area contributed by atoms with Crippen molar-refractivity contribution in [1.29, 1.82) is 0 Å². The lowest BCUT2D eigenvalue weighted by molar-refractivity contribution is -0.113. The van der Waals surface area contributed by atoms with Gasteiger partial charge in [-0.05, 0) is 77.5 Å². The first kappa shape index (κ1) is 22.5. The number of nitrogens with zero attached hydrogens (tertiary/aromatic N) is 1. The van der Waals surface area contributed by atoms with Crippen LogP contribution in [0.4, 0.5) is 10.5 Å². The van der Waals surface area contributed by atoms with E-state index in [9.17, 15) is 9.59 Å². The van der Waals surface area contributed by atoms with Crippen LogP contribution in [0, 0.1) is 0 Å². The van der Waals surface area contributed by atoms with Gasteiger partial charge < -0.3 is 9.47 Å². The minimum atomic E-state index is -0.378. The van der Waals surface area contributed by atoms with Crippen molar-refractivity contribution in [1.82, 2.24) is 0 Å². The van der Waals surface area contributed by atoms with Crippen LogP contribution in [0.3, 0.4) is 0 Å². The molecule has 2 amide bonds. The number of thioether (sulfide) groups is 1. The highest BCUT2D eigenvalue weighted by Crippen LogP contribution is 2.37. The molecule has 0 atom stereocenters. The molecule has 0 radical (unpaired) electrons. The number of halogens is 2. The Morgan fingerprint density at radius 1 is 1.00 bits per heavy atom. The van der Waals surface area contributed by atoms with Crippen LogP contribution in [0.5, 0.6) is 11.5 Å². The number of hydrogen-bond acceptors (Lipinski definition) is 5. The first-order valence-corrected chi connectivity index (χ1v) is 11.5. The van der Waals surface area contributed by atoms with Crippen LogP contribution in [-0.2, 0) is 11.4 Å². The number of amides is 2. The highest BCUT2D eigenvalue weighted by molar-refractivity contribution is 9.10. The minimum Gasteiger partial charge on any atom is -0.493 e.